The summed E-state index contributed by atoms with van der Waals surface area (Å²) < 4.78 is 38.3. The van der Waals surface area contributed by atoms with Crippen LogP contribution in [-0.4, -0.2) is 16.1 Å². The molecule has 0 heterocycles. The van der Waals surface area contributed by atoms with Gasteiger partial charge >= 0.3 is 6.18 Å². The van der Waals surface area contributed by atoms with Gasteiger partial charge in [0.15, 0.2) is 0 Å². The zero-order chi connectivity index (χ0) is 28.0. The Labute approximate surface area is 239 Å². The molecule has 0 bridgehead atoms. The summed E-state index contributed by atoms with van der Waals surface area (Å²) in [4.78, 5) is 25.8. The van der Waals surface area contributed by atoms with Crippen LogP contribution in [0.2, 0.25) is 15.1 Å². The van der Waals surface area contributed by atoms with Gasteiger partial charge in [-0.25, -0.2) is 0 Å². The molecule has 4 rings (SSSR count). The molecule has 2 atom stereocenters. The summed E-state index contributed by atoms with van der Waals surface area (Å²) in [5, 5.41) is 14.5. The average molecular weight is 622 g/mol. The largest absolute Gasteiger partial charge is 0.417 e. The SMILES string of the molecule is N#Cc1ccc(NC(=O)c2cc(NC(=O)[C@@H]3[C@@H](c4cc(Cl)cc(Cl)c4)C3(Cl)Cl)ccc2Cl)cc1C(F)(F)F. The monoisotopic (exact) mass is 619 g/mol. The second-order valence-corrected chi connectivity index (χ2v) is 11.1. The molecule has 0 radical (unpaired) electrons. The second-order valence-electron chi connectivity index (χ2n) is 8.34. The van der Waals surface area contributed by atoms with Crippen molar-refractivity contribution in [3.05, 3.63) is 91.9 Å². The molecule has 38 heavy (non-hydrogen) atoms. The molecule has 0 aliphatic heterocycles. The summed E-state index contributed by atoms with van der Waals surface area (Å²) in [5.74, 6) is -2.86. The second kappa shape index (κ2) is 10.5. The van der Waals surface area contributed by atoms with E-state index in [1.807, 2.05) is 0 Å². The van der Waals surface area contributed by atoms with Crippen LogP contribution in [0.5, 0.6) is 0 Å². The lowest BCUT2D eigenvalue weighted by atomic mass is 10.1. The van der Waals surface area contributed by atoms with E-state index < -0.39 is 45.3 Å². The molecule has 2 amide bonds. The van der Waals surface area contributed by atoms with Gasteiger partial charge in [-0.15, -0.1) is 23.2 Å². The smallest absolute Gasteiger partial charge is 0.326 e. The maximum atomic E-state index is 13.3. The van der Waals surface area contributed by atoms with Crippen LogP contribution in [0, 0.1) is 17.2 Å². The molecule has 1 saturated carbocycles. The van der Waals surface area contributed by atoms with E-state index in [1.54, 1.807) is 12.1 Å². The van der Waals surface area contributed by atoms with Crippen LogP contribution < -0.4 is 10.6 Å². The third-order valence-corrected chi connectivity index (χ3v) is 7.47. The number of nitrogens with zero attached hydrogens (tertiary/aromatic N) is 1. The summed E-state index contributed by atoms with van der Waals surface area (Å²) in [5.41, 5.74) is -1.38. The van der Waals surface area contributed by atoms with Crippen LogP contribution in [0.1, 0.15) is 33.0 Å². The van der Waals surface area contributed by atoms with E-state index in [1.165, 1.54) is 30.3 Å². The minimum Gasteiger partial charge on any atom is -0.326 e. The summed E-state index contributed by atoms with van der Waals surface area (Å²) in [6.07, 6.45) is -4.80. The first-order valence-electron chi connectivity index (χ1n) is 10.6. The Morgan fingerprint density at radius 2 is 1.50 bits per heavy atom. The molecular formula is C25H13Cl5F3N3O2. The Morgan fingerprint density at radius 1 is 0.895 bits per heavy atom. The van der Waals surface area contributed by atoms with Crippen molar-refractivity contribution in [1.29, 1.82) is 5.26 Å². The highest BCUT2D eigenvalue weighted by Crippen LogP contribution is 2.65. The van der Waals surface area contributed by atoms with Crippen LogP contribution in [0.25, 0.3) is 0 Å². The van der Waals surface area contributed by atoms with Gasteiger partial charge in [-0.05, 0) is 60.2 Å². The number of nitrogens with one attached hydrogen (secondary N) is 2. The van der Waals surface area contributed by atoms with E-state index in [-0.39, 0.29) is 22.0 Å². The molecule has 196 valence electrons. The molecule has 3 aromatic carbocycles. The standard InChI is InChI=1S/C25H13Cl5F3N3O2/c26-13-5-12(6-14(27)7-13)20-21(24(20,29)30)23(38)36-15-3-4-19(28)17(8-15)22(37)35-16-2-1-11(10-34)18(9-16)25(31,32)33/h1-9,20-21H,(H,35,37)(H,36,38)/t20-,21+/m1/s1. The van der Waals surface area contributed by atoms with Crippen molar-refractivity contribution in [1.82, 2.24) is 0 Å². The number of hydrogen-bond acceptors (Lipinski definition) is 3. The highest BCUT2D eigenvalue weighted by molar-refractivity contribution is 6.53. The molecule has 5 nitrogen and oxygen atoms in total. The number of hydrogen-bond donors (Lipinski definition) is 2. The average Bonchev–Trinajstić information content (AvgIpc) is 3.41. The predicted molar refractivity (Wildman–Crippen MR) is 141 cm³/mol. The van der Waals surface area contributed by atoms with Gasteiger partial charge in [0.2, 0.25) is 5.91 Å². The molecule has 2 N–H and O–H groups in total. The molecule has 0 saturated heterocycles. The van der Waals surface area contributed by atoms with Gasteiger partial charge in [-0.1, -0.05) is 34.8 Å². The van der Waals surface area contributed by atoms with Crippen LogP contribution >= 0.6 is 58.0 Å². The molecular weight excluding hydrogens is 609 g/mol. The van der Waals surface area contributed by atoms with Gasteiger partial charge in [0.1, 0.15) is 4.33 Å². The lowest BCUT2D eigenvalue weighted by Gasteiger charge is -2.13. The van der Waals surface area contributed by atoms with Gasteiger partial charge in [0.05, 0.1) is 33.7 Å². The minimum absolute atomic E-state index is 0.0212. The van der Waals surface area contributed by atoms with Gasteiger partial charge < -0.3 is 10.6 Å². The van der Waals surface area contributed by atoms with Crippen molar-refractivity contribution in [2.24, 2.45) is 5.92 Å². The molecule has 1 aliphatic carbocycles. The first kappa shape index (κ1) is 28.3. The molecule has 1 fully saturated rings. The fourth-order valence-corrected chi connectivity index (χ4v) is 5.55. The zero-order valence-electron chi connectivity index (χ0n) is 18.6. The Hall–Kier alpha value is -2.67. The van der Waals surface area contributed by atoms with Crippen molar-refractivity contribution in [3.63, 3.8) is 0 Å². The Kier molecular flexibility index (Phi) is 7.81. The maximum Gasteiger partial charge on any atom is 0.417 e. The number of nitriles is 1. The molecule has 13 heteroatoms. The fraction of sp³-hybridized carbons (Fsp3) is 0.160. The van der Waals surface area contributed by atoms with Gasteiger partial charge in [0, 0.05) is 27.3 Å². The topological polar surface area (TPSA) is 82.0 Å². The summed E-state index contributed by atoms with van der Waals surface area (Å²) >= 11 is 31.0. The number of alkyl halides is 5. The number of carbonyl (C=O) groups excluding carboxylic acids is 2. The maximum absolute atomic E-state index is 13.3. The molecule has 0 aromatic heterocycles. The molecule has 0 spiro atoms. The summed E-state index contributed by atoms with van der Waals surface area (Å²) in [7, 11) is 0. The number of carbonyl (C=O) groups is 2. The van der Waals surface area contributed by atoms with E-state index in [9.17, 15) is 22.8 Å². The Bertz CT molecular complexity index is 1480. The van der Waals surface area contributed by atoms with Crippen LogP contribution in [0.3, 0.4) is 0 Å². The molecule has 1 aliphatic rings. The normalized spacial score (nSPS) is 17.9. The van der Waals surface area contributed by atoms with E-state index in [2.05, 4.69) is 10.6 Å². The van der Waals surface area contributed by atoms with Gasteiger partial charge in [0.25, 0.3) is 5.91 Å². The lowest BCUT2D eigenvalue weighted by molar-refractivity contribution is -0.137. The van der Waals surface area contributed by atoms with Gasteiger partial charge in [-0.2, -0.15) is 18.4 Å². The molecule has 3 aromatic rings. The lowest BCUT2D eigenvalue weighted by Crippen LogP contribution is -2.18. The van der Waals surface area contributed by atoms with E-state index >= 15 is 0 Å². The first-order valence-corrected chi connectivity index (χ1v) is 12.5. The van der Waals surface area contributed by atoms with Crippen LogP contribution in [0.15, 0.2) is 54.6 Å². The van der Waals surface area contributed by atoms with Crippen molar-refractivity contribution < 1.29 is 22.8 Å². The highest BCUT2D eigenvalue weighted by Gasteiger charge is 2.67. The van der Waals surface area contributed by atoms with Crippen LogP contribution in [0.4, 0.5) is 24.5 Å². The van der Waals surface area contributed by atoms with Crippen LogP contribution in [-0.2, 0) is 11.0 Å². The minimum atomic E-state index is -4.80. The van der Waals surface area contributed by atoms with Crippen molar-refractivity contribution in [3.8, 4) is 6.07 Å². The van der Waals surface area contributed by atoms with Crippen molar-refractivity contribution >= 4 is 81.2 Å². The Morgan fingerprint density at radius 3 is 2.11 bits per heavy atom. The van der Waals surface area contributed by atoms with E-state index in [0.29, 0.717) is 21.7 Å². The number of rotatable bonds is 5. The number of anilines is 2. The van der Waals surface area contributed by atoms with Crippen molar-refractivity contribution in [2.75, 3.05) is 10.6 Å². The highest BCUT2D eigenvalue weighted by atomic mass is 35.5. The molecule has 0 unspecified atom stereocenters. The van der Waals surface area contributed by atoms with E-state index in [4.69, 9.17) is 63.3 Å². The zero-order valence-corrected chi connectivity index (χ0v) is 22.4. The summed E-state index contributed by atoms with van der Waals surface area (Å²) in [6.45, 7) is 0. The fourth-order valence-electron chi connectivity index (χ4n) is 3.97. The number of amides is 2. The summed E-state index contributed by atoms with van der Waals surface area (Å²) in [6, 6.07) is 12.9. The van der Waals surface area contributed by atoms with Gasteiger partial charge in [-0.3, -0.25) is 9.59 Å². The number of halogens is 8. The van der Waals surface area contributed by atoms with E-state index in [0.717, 1.165) is 12.1 Å². The quantitative estimate of drug-likeness (QED) is 0.281. The Balaban J connectivity index is 1.53. The predicted octanol–water partition coefficient (Wildman–Crippen LogP) is 8.32. The third-order valence-electron chi connectivity index (χ3n) is 5.76. The third kappa shape index (κ3) is 5.83. The van der Waals surface area contributed by atoms with Crippen molar-refractivity contribution in [2.45, 2.75) is 16.4 Å². The first-order chi connectivity index (χ1) is 17.7. The number of benzene rings is 3.